The molecule has 1 fully saturated rings. The number of aromatic hydroxyl groups is 1. The Kier molecular flexibility index (Phi) is 4.47. The summed E-state index contributed by atoms with van der Waals surface area (Å²) < 4.78 is 13.9. The molecule has 6 heteroatoms. The summed E-state index contributed by atoms with van der Waals surface area (Å²) in [5, 5.41) is 23.1. The molecule has 3 aromatic carbocycles. The molecule has 3 heterocycles. The predicted octanol–water partition coefficient (Wildman–Crippen LogP) is 5.69. The van der Waals surface area contributed by atoms with Gasteiger partial charge in [-0.15, -0.1) is 0 Å². The first kappa shape index (κ1) is 19.1. The van der Waals surface area contributed by atoms with Gasteiger partial charge in [-0.3, -0.25) is 5.10 Å². The molecule has 0 saturated carbocycles. The number of aromatic amines is 2. The van der Waals surface area contributed by atoms with Crippen LogP contribution in [0.2, 0.25) is 0 Å². The van der Waals surface area contributed by atoms with Gasteiger partial charge in [0.25, 0.3) is 0 Å². The van der Waals surface area contributed by atoms with Crippen molar-refractivity contribution in [2.24, 2.45) is 0 Å². The van der Waals surface area contributed by atoms with Crippen molar-refractivity contribution in [2.75, 3.05) is 13.1 Å². The van der Waals surface area contributed by atoms with Gasteiger partial charge in [0.1, 0.15) is 17.3 Å². The van der Waals surface area contributed by atoms with Crippen LogP contribution in [-0.4, -0.2) is 33.4 Å². The zero-order valence-corrected chi connectivity index (χ0v) is 17.5. The summed E-state index contributed by atoms with van der Waals surface area (Å²) in [7, 11) is 0. The average molecular weight is 426 g/mol. The Morgan fingerprint density at radius 3 is 2.62 bits per heavy atom. The third kappa shape index (κ3) is 3.24. The molecule has 0 bridgehead atoms. The molecule has 4 N–H and O–H groups in total. The van der Waals surface area contributed by atoms with E-state index in [-0.39, 0.29) is 5.75 Å². The number of rotatable bonds is 3. The number of phenolic OH excluding ortho intramolecular Hbond substituents is 1. The van der Waals surface area contributed by atoms with Gasteiger partial charge in [0.15, 0.2) is 0 Å². The van der Waals surface area contributed by atoms with Crippen molar-refractivity contribution < 1.29 is 9.50 Å². The Labute approximate surface area is 184 Å². The molecule has 0 amide bonds. The first-order chi connectivity index (χ1) is 15.7. The number of nitrogens with zero attached hydrogens (tertiary/aromatic N) is 1. The van der Waals surface area contributed by atoms with Crippen LogP contribution in [0.4, 0.5) is 4.39 Å². The Bertz CT molecular complexity index is 1430. The largest absolute Gasteiger partial charge is 0.508 e. The summed E-state index contributed by atoms with van der Waals surface area (Å²) >= 11 is 0. The lowest BCUT2D eigenvalue weighted by molar-refractivity contribution is 0.460. The van der Waals surface area contributed by atoms with E-state index < -0.39 is 5.82 Å². The molecule has 0 aliphatic carbocycles. The van der Waals surface area contributed by atoms with Crippen molar-refractivity contribution in [3.8, 4) is 28.3 Å². The Hall–Kier alpha value is -3.64. The van der Waals surface area contributed by atoms with Crippen molar-refractivity contribution in [1.82, 2.24) is 20.5 Å². The summed E-state index contributed by atoms with van der Waals surface area (Å²) in [4.78, 5) is 3.48. The van der Waals surface area contributed by atoms with Crippen molar-refractivity contribution in [3.63, 3.8) is 0 Å². The van der Waals surface area contributed by atoms with Crippen LogP contribution in [0.5, 0.6) is 5.75 Å². The molecule has 160 valence electrons. The number of piperidine rings is 1. The number of nitrogens with one attached hydrogen (secondary N) is 3. The number of hydrogen-bond acceptors (Lipinski definition) is 3. The normalized spacial score (nSPS) is 15.0. The molecule has 6 rings (SSSR count). The van der Waals surface area contributed by atoms with Crippen molar-refractivity contribution in [3.05, 3.63) is 72.0 Å². The van der Waals surface area contributed by atoms with Crippen LogP contribution in [0.25, 0.3) is 44.3 Å². The second-order valence-electron chi connectivity index (χ2n) is 8.55. The van der Waals surface area contributed by atoms with Gasteiger partial charge in [-0.05, 0) is 84.9 Å². The fourth-order valence-electron chi connectivity index (χ4n) is 4.91. The number of hydrogen-bond donors (Lipinski definition) is 4. The lowest BCUT2D eigenvalue weighted by Gasteiger charge is -2.23. The molecule has 5 aromatic rings. The molecule has 32 heavy (non-hydrogen) atoms. The zero-order chi connectivity index (χ0) is 21.7. The van der Waals surface area contributed by atoms with Crippen molar-refractivity contribution in [2.45, 2.75) is 18.8 Å². The number of halogens is 1. The van der Waals surface area contributed by atoms with Crippen molar-refractivity contribution in [1.29, 1.82) is 0 Å². The lowest BCUT2D eigenvalue weighted by Crippen LogP contribution is -2.26. The van der Waals surface area contributed by atoms with E-state index in [1.165, 1.54) is 11.6 Å². The minimum Gasteiger partial charge on any atom is -0.508 e. The Balaban J connectivity index is 1.47. The van der Waals surface area contributed by atoms with E-state index in [9.17, 15) is 9.50 Å². The standard InChI is InChI=1S/C26H23FN4O/c27-18-10-17(11-19(32)13-18)20-2-1-3-23-21(20)14-25(29-23)26-22-12-16(4-5-24(22)30-31-26)15-6-8-28-9-7-15/h1-5,10-15,28-29,32H,6-9H2,(H,30,31). The first-order valence-corrected chi connectivity index (χ1v) is 11.0. The fraction of sp³-hybridized carbons (Fsp3) is 0.192. The minimum absolute atomic E-state index is 0.0866. The maximum Gasteiger partial charge on any atom is 0.127 e. The summed E-state index contributed by atoms with van der Waals surface area (Å²) in [6.07, 6.45) is 2.30. The molecule has 0 unspecified atom stereocenters. The lowest BCUT2D eigenvalue weighted by atomic mass is 9.89. The van der Waals surface area contributed by atoms with Gasteiger partial charge in [0.05, 0.1) is 11.2 Å². The molecule has 1 aliphatic rings. The number of fused-ring (bicyclic) bond motifs is 2. The average Bonchev–Trinajstić information content (AvgIpc) is 3.42. The van der Waals surface area contributed by atoms with Crippen LogP contribution in [0.1, 0.15) is 24.3 Å². The van der Waals surface area contributed by atoms with Crippen molar-refractivity contribution >= 4 is 21.8 Å². The van der Waals surface area contributed by atoms with E-state index in [2.05, 4.69) is 44.8 Å². The zero-order valence-electron chi connectivity index (χ0n) is 17.5. The summed E-state index contributed by atoms with van der Waals surface area (Å²) in [5.41, 5.74) is 6.57. The smallest absolute Gasteiger partial charge is 0.127 e. The van der Waals surface area contributed by atoms with Gasteiger partial charge in [0.2, 0.25) is 0 Å². The molecule has 0 radical (unpaired) electrons. The second-order valence-corrected chi connectivity index (χ2v) is 8.55. The Morgan fingerprint density at radius 1 is 0.906 bits per heavy atom. The van der Waals surface area contributed by atoms with Gasteiger partial charge in [-0.25, -0.2) is 4.39 Å². The van der Waals surface area contributed by atoms with E-state index in [0.29, 0.717) is 11.5 Å². The molecule has 1 aliphatic heterocycles. The van der Waals surface area contributed by atoms with Crippen LogP contribution in [0.3, 0.4) is 0 Å². The highest BCUT2D eigenvalue weighted by Gasteiger charge is 2.18. The molecule has 1 saturated heterocycles. The van der Waals surface area contributed by atoms with E-state index >= 15 is 0 Å². The number of aromatic nitrogens is 3. The molecule has 0 atom stereocenters. The van der Waals surface area contributed by atoms with E-state index in [0.717, 1.165) is 70.8 Å². The molecule has 0 spiro atoms. The third-order valence-corrected chi connectivity index (χ3v) is 6.51. The van der Waals surface area contributed by atoms with Crippen LogP contribution >= 0.6 is 0 Å². The molecule has 5 nitrogen and oxygen atoms in total. The highest BCUT2D eigenvalue weighted by Crippen LogP contribution is 2.36. The summed E-state index contributed by atoms with van der Waals surface area (Å²) in [5.74, 6) is 0.0198. The fourth-order valence-corrected chi connectivity index (χ4v) is 4.91. The summed E-state index contributed by atoms with van der Waals surface area (Å²) in [6, 6.07) is 18.6. The predicted molar refractivity (Wildman–Crippen MR) is 125 cm³/mol. The van der Waals surface area contributed by atoms with E-state index in [4.69, 9.17) is 0 Å². The Morgan fingerprint density at radius 2 is 1.78 bits per heavy atom. The van der Waals surface area contributed by atoms with Crippen LogP contribution < -0.4 is 5.32 Å². The van der Waals surface area contributed by atoms with Crippen LogP contribution in [0.15, 0.2) is 60.7 Å². The molecule has 2 aromatic heterocycles. The monoisotopic (exact) mass is 426 g/mol. The quantitative estimate of drug-likeness (QED) is 0.299. The highest BCUT2D eigenvalue weighted by molar-refractivity contribution is 6.01. The van der Waals surface area contributed by atoms with Gasteiger partial charge >= 0.3 is 0 Å². The van der Waals surface area contributed by atoms with Gasteiger partial charge in [0, 0.05) is 22.4 Å². The minimum atomic E-state index is -0.462. The third-order valence-electron chi connectivity index (χ3n) is 6.51. The topological polar surface area (TPSA) is 76.7 Å². The summed E-state index contributed by atoms with van der Waals surface area (Å²) in [6.45, 7) is 2.11. The van der Waals surface area contributed by atoms with Crippen LogP contribution in [-0.2, 0) is 0 Å². The van der Waals surface area contributed by atoms with Gasteiger partial charge in [-0.2, -0.15) is 5.10 Å². The maximum absolute atomic E-state index is 13.9. The molecular formula is C26H23FN4O. The first-order valence-electron chi connectivity index (χ1n) is 11.0. The number of benzene rings is 3. The number of phenols is 1. The van der Waals surface area contributed by atoms with Crippen LogP contribution in [0, 0.1) is 5.82 Å². The maximum atomic E-state index is 13.9. The van der Waals surface area contributed by atoms with E-state index in [1.54, 1.807) is 6.07 Å². The second kappa shape index (κ2) is 7.50. The SMILES string of the molecule is Oc1cc(F)cc(-c2cccc3[nH]c(-c4n[nH]c5ccc(C6CCNCC6)cc45)cc23)c1. The van der Waals surface area contributed by atoms with Gasteiger partial charge in [-0.1, -0.05) is 18.2 Å². The number of H-pyrrole nitrogens is 2. The van der Waals surface area contributed by atoms with Gasteiger partial charge < -0.3 is 15.4 Å². The van der Waals surface area contributed by atoms with E-state index in [1.807, 2.05) is 18.2 Å². The molecular weight excluding hydrogens is 403 g/mol. The highest BCUT2D eigenvalue weighted by atomic mass is 19.1.